The van der Waals surface area contributed by atoms with Gasteiger partial charge in [0.2, 0.25) is 5.91 Å². The van der Waals surface area contributed by atoms with E-state index in [0.29, 0.717) is 11.9 Å². The molecule has 2 fully saturated rings. The minimum atomic E-state index is 0.247. The van der Waals surface area contributed by atoms with Crippen molar-refractivity contribution in [2.45, 2.75) is 45.1 Å². The van der Waals surface area contributed by atoms with Gasteiger partial charge in [-0.2, -0.15) is 12.6 Å². The first-order valence-electron chi connectivity index (χ1n) is 7.19. The first-order chi connectivity index (χ1) is 8.60. The summed E-state index contributed by atoms with van der Waals surface area (Å²) in [6, 6.07) is 0.403. The van der Waals surface area contributed by atoms with Crippen LogP contribution in [0.15, 0.2) is 0 Å². The third-order valence-corrected chi connectivity index (χ3v) is 5.18. The van der Waals surface area contributed by atoms with Gasteiger partial charge < -0.3 is 9.80 Å². The number of carbonyl (C=O) groups is 1. The Bertz CT molecular complexity index is 304. The van der Waals surface area contributed by atoms with E-state index in [0.717, 1.165) is 44.6 Å². The van der Waals surface area contributed by atoms with Crippen LogP contribution in [0.1, 0.15) is 39.0 Å². The number of rotatable bonds is 4. The zero-order chi connectivity index (χ0) is 13.2. The van der Waals surface area contributed by atoms with Gasteiger partial charge in [-0.3, -0.25) is 4.79 Å². The van der Waals surface area contributed by atoms with Crippen LogP contribution >= 0.6 is 12.6 Å². The minimum absolute atomic E-state index is 0.247. The van der Waals surface area contributed by atoms with Gasteiger partial charge in [0, 0.05) is 25.6 Å². The molecule has 1 amide bonds. The number of hydrogen-bond acceptors (Lipinski definition) is 3. The first-order valence-corrected chi connectivity index (χ1v) is 7.82. The molecule has 1 unspecified atom stereocenters. The van der Waals surface area contributed by atoms with Crippen molar-refractivity contribution in [2.75, 3.05) is 32.4 Å². The molecular formula is C14H26N2OS. The van der Waals surface area contributed by atoms with Crippen LogP contribution in [-0.4, -0.2) is 54.2 Å². The maximum absolute atomic E-state index is 12.5. The molecule has 0 N–H and O–H groups in total. The largest absolute Gasteiger partial charge is 0.338 e. The van der Waals surface area contributed by atoms with Crippen LogP contribution in [0.25, 0.3) is 0 Å². The number of hydrogen-bond donors (Lipinski definition) is 1. The highest BCUT2D eigenvalue weighted by Gasteiger charge is 2.44. The molecule has 3 nitrogen and oxygen atoms in total. The Kier molecular flexibility index (Phi) is 4.59. The van der Waals surface area contributed by atoms with Crippen molar-refractivity contribution in [1.29, 1.82) is 0 Å². The van der Waals surface area contributed by atoms with E-state index in [2.05, 4.69) is 36.4 Å². The summed E-state index contributed by atoms with van der Waals surface area (Å²) in [5.41, 5.74) is 0.247. The number of likely N-dealkylation sites (N-methyl/N-ethyl adjacent to an activating group) is 1. The Labute approximate surface area is 116 Å². The molecule has 1 atom stereocenters. The van der Waals surface area contributed by atoms with E-state index >= 15 is 0 Å². The molecule has 0 radical (unpaired) electrons. The molecule has 2 rings (SSSR count). The fourth-order valence-electron chi connectivity index (χ4n) is 2.91. The van der Waals surface area contributed by atoms with Gasteiger partial charge in [0.15, 0.2) is 0 Å². The van der Waals surface area contributed by atoms with Crippen molar-refractivity contribution in [3.8, 4) is 0 Å². The summed E-state index contributed by atoms with van der Waals surface area (Å²) in [6.45, 7) is 5.26. The molecular weight excluding hydrogens is 244 g/mol. The standard InChI is InChI=1S/C14H26N2OS/c1-3-12-10-15(2)7-4-8-16(12)13(17)9-14(11-18)5-6-14/h12,18H,3-11H2,1-2H3. The predicted octanol–water partition coefficient (Wildman–Crippen LogP) is 2.03. The fourth-order valence-corrected chi connectivity index (χ4v) is 3.34. The van der Waals surface area contributed by atoms with Crippen molar-refractivity contribution in [2.24, 2.45) is 5.41 Å². The van der Waals surface area contributed by atoms with Gasteiger partial charge in [-0.05, 0) is 50.4 Å². The van der Waals surface area contributed by atoms with Crippen LogP contribution in [0.5, 0.6) is 0 Å². The molecule has 18 heavy (non-hydrogen) atoms. The lowest BCUT2D eigenvalue weighted by molar-refractivity contribution is -0.134. The average molecular weight is 270 g/mol. The summed E-state index contributed by atoms with van der Waals surface area (Å²) in [4.78, 5) is 17.0. The van der Waals surface area contributed by atoms with Crippen molar-refractivity contribution in [1.82, 2.24) is 9.80 Å². The quantitative estimate of drug-likeness (QED) is 0.790. The van der Waals surface area contributed by atoms with E-state index in [9.17, 15) is 4.79 Å². The van der Waals surface area contributed by atoms with Crippen LogP contribution in [0.3, 0.4) is 0 Å². The van der Waals surface area contributed by atoms with Gasteiger partial charge in [0.05, 0.1) is 0 Å². The van der Waals surface area contributed by atoms with E-state index in [1.165, 1.54) is 12.8 Å². The highest BCUT2D eigenvalue weighted by atomic mass is 32.1. The first kappa shape index (κ1) is 14.2. The number of amides is 1. The SMILES string of the molecule is CCC1CN(C)CCCN1C(=O)CC1(CS)CC1. The molecule has 1 heterocycles. The lowest BCUT2D eigenvalue weighted by atomic mass is 10.0. The number of nitrogens with zero attached hydrogens (tertiary/aromatic N) is 2. The minimum Gasteiger partial charge on any atom is -0.338 e. The van der Waals surface area contributed by atoms with Gasteiger partial charge in [-0.15, -0.1) is 0 Å². The van der Waals surface area contributed by atoms with E-state index < -0.39 is 0 Å². The van der Waals surface area contributed by atoms with Gasteiger partial charge in [0.1, 0.15) is 0 Å². The zero-order valence-electron chi connectivity index (χ0n) is 11.7. The van der Waals surface area contributed by atoms with Crippen LogP contribution in [0.2, 0.25) is 0 Å². The van der Waals surface area contributed by atoms with Crippen molar-refractivity contribution in [3.05, 3.63) is 0 Å². The summed E-state index contributed by atoms with van der Waals surface area (Å²) in [6.07, 6.45) is 5.26. The second-order valence-corrected chi connectivity index (χ2v) is 6.42. The second kappa shape index (κ2) is 5.83. The molecule has 0 bridgehead atoms. The van der Waals surface area contributed by atoms with Crippen LogP contribution in [0, 0.1) is 5.41 Å². The lowest BCUT2D eigenvalue weighted by Gasteiger charge is -2.31. The molecule has 1 saturated carbocycles. The van der Waals surface area contributed by atoms with Gasteiger partial charge in [-0.25, -0.2) is 0 Å². The van der Waals surface area contributed by atoms with Gasteiger partial charge in [0.25, 0.3) is 0 Å². The Balaban J connectivity index is 1.98. The third-order valence-electron chi connectivity index (χ3n) is 4.51. The molecule has 2 aliphatic rings. The zero-order valence-corrected chi connectivity index (χ0v) is 12.6. The molecule has 104 valence electrons. The molecule has 1 aliphatic carbocycles. The summed E-state index contributed by atoms with van der Waals surface area (Å²) in [5.74, 6) is 1.23. The van der Waals surface area contributed by atoms with Gasteiger partial charge >= 0.3 is 0 Å². The second-order valence-electron chi connectivity index (χ2n) is 6.10. The van der Waals surface area contributed by atoms with Crippen molar-refractivity contribution in [3.63, 3.8) is 0 Å². The lowest BCUT2D eigenvalue weighted by Crippen LogP contribution is -2.44. The van der Waals surface area contributed by atoms with E-state index in [1.54, 1.807) is 0 Å². The highest BCUT2D eigenvalue weighted by Crippen LogP contribution is 2.50. The van der Waals surface area contributed by atoms with E-state index in [4.69, 9.17) is 0 Å². The number of carbonyl (C=O) groups excluding carboxylic acids is 1. The summed E-state index contributed by atoms with van der Waals surface area (Å²) in [7, 11) is 2.16. The predicted molar refractivity (Wildman–Crippen MR) is 78.0 cm³/mol. The monoisotopic (exact) mass is 270 g/mol. The summed E-state index contributed by atoms with van der Waals surface area (Å²) >= 11 is 4.40. The van der Waals surface area contributed by atoms with Gasteiger partial charge in [-0.1, -0.05) is 6.92 Å². The van der Waals surface area contributed by atoms with Crippen molar-refractivity contribution < 1.29 is 4.79 Å². The Morgan fingerprint density at radius 3 is 2.67 bits per heavy atom. The molecule has 0 spiro atoms. The maximum atomic E-state index is 12.5. The molecule has 1 aliphatic heterocycles. The van der Waals surface area contributed by atoms with Crippen LogP contribution in [0.4, 0.5) is 0 Å². The Morgan fingerprint density at radius 2 is 2.11 bits per heavy atom. The third kappa shape index (κ3) is 3.21. The average Bonchev–Trinajstić information content (AvgIpc) is 3.13. The van der Waals surface area contributed by atoms with E-state index in [-0.39, 0.29) is 5.41 Å². The van der Waals surface area contributed by atoms with Crippen LogP contribution < -0.4 is 0 Å². The Morgan fingerprint density at radius 1 is 1.39 bits per heavy atom. The van der Waals surface area contributed by atoms with E-state index in [1.807, 2.05) is 0 Å². The molecule has 0 aromatic rings. The maximum Gasteiger partial charge on any atom is 0.223 e. The number of thiol groups is 1. The highest BCUT2D eigenvalue weighted by molar-refractivity contribution is 7.80. The smallest absolute Gasteiger partial charge is 0.223 e. The molecule has 0 aromatic carbocycles. The molecule has 1 saturated heterocycles. The van der Waals surface area contributed by atoms with Crippen molar-refractivity contribution >= 4 is 18.5 Å². The fraction of sp³-hybridized carbons (Fsp3) is 0.929. The molecule has 4 heteroatoms. The normalized spacial score (nSPS) is 27.9. The summed E-state index contributed by atoms with van der Waals surface area (Å²) in [5, 5.41) is 0. The van der Waals surface area contributed by atoms with Crippen LogP contribution in [-0.2, 0) is 4.79 Å². The summed E-state index contributed by atoms with van der Waals surface area (Å²) < 4.78 is 0. The topological polar surface area (TPSA) is 23.6 Å². The Hall–Kier alpha value is -0.220. The molecule has 0 aromatic heterocycles.